The van der Waals surface area contributed by atoms with Crippen molar-refractivity contribution < 1.29 is 18.8 Å². The zero-order valence-electron chi connectivity index (χ0n) is 23.8. The lowest BCUT2D eigenvalue weighted by atomic mass is 10.1. The maximum Gasteiger partial charge on any atom is 0.257 e. The van der Waals surface area contributed by atoms with Gasteiger partial charge < -0.3 is 14.8 Å². The summed E-state index contributed by atoms with van der Waals surface area (Å²) < 4.78 is 13.6. The molecule has 0 saturated heterocycles. The van der Waals surface area contributed by atoms with E-state index in [0.717, 1.165) is 25.8 Å². The predicted molar refractivity (Wildman–Crippen MR) is 157 cm³/mol. The van der Waals surface area contributed by atoms with Crippen molar-refractivity contribution in [3.05, 3.63) is 53.3 Å². The number of aryl methyl sites for hydroxylation is 1. The van der Waals surface area contributed by atoms with E-state index in [1.54, 1.807) is 12.1 Å². The molecule has 0 atom stereocenters. The van der Waals surface area contributed by atoms with E-state index in [4.69, 9.17) is 21.1 Å². The Morgan fingerprint density at radius 1 is 0.816 bits per heavy atom. The van der Waals surface area contributed by atoms with Crippen LogP contribution in [0, 0.1) is 0 Å². The van der Waals surface area contributed by atoms with Crippen LogP contribution in [0.15, 0.2) is 42.7 Å². The summed E-state index contributed by atoms with van der Waals surface area (Å²) in [5, 5.41) is 3.41. The summed E-state index contributed by atoms with van der Waals surface area (Å²) in [6.07, 6.45) is 21.9. The molecule has 5 nitrogen and oxygen atoms in total. The van der Waals surface area contributed by atoms with Crippen LogP contribution >= 0.6 is 11.6 Å². The van der Waals surface area contributed by atoms with Crippen molar-refractivity contribution in [1.82, 2.24) is 5.32 Å². The number of unbranched alkanes of at least 4 members (excludes halogenated alkanes) is 11. The van der Waals surface area contributed by atoms with E-state index in [-0.39, 0.29) is 12.5 Å². The Balaban J connectivity index is 1.51. The number of aromatic nitrogens is 1. The van der Waals surface area contributed by atoms with Crippen LogP contribution in [-0.4, -0.2) is 25.7 Å². The van der Waals surface area contributed by atoms with Crippen LogP contribution < -0.4 is 19.4 Å². The Labute approximate surface area is 236 Å². The number of nitrogens with zero attached hydrogens (tertiary/aromatic N) is 1. The van der Waals surface area contributed by atoms with Gasteiger partial charge in [-0.2, -0.15) is 0 Å². The molecule has 0 aliphatic carbocycles. The molecule has 6 heteroatoms. The number of hydrogen-bond acceptors (Lipinski definition) is 3. The number of benzene rings is 1. The number of carbonyl (C=O) groups is 1. The first-order valence-corrected chi connectivity index (χ1v) is 15.3. The van der Waals surface area contributed by atoms with Crippen molar-refractivity contribution in [3.8, 4) is 11.5 Å². The van der Waals surface area contributed by atoms with Crippen molar-refractivity contribution in [2.45, 2.75) is 110 Å². The largest absolute Gasteiger partial charge is 0.492 e. The van der Waals surface area contributed by atoms with E-state index in [2.05, 4.69) is 48.3 Å². The summed E-state index contributed by atoms with van der Waals surface area (Å²) in [6.45, 7) is 6.65. The van der Waals surface area contributed by atoms with Gasteiger partial charge in [0.2, 0.25) is 0 Å². The molecule has 0 aliphatic heterocycles. The number of carbonyl (C=O) groups excluding carboxylic acids is 1. The average Bonchev–Trinajstić information content (AvgIpc) is 2.92. The Morgan fingerprint density at radius 3 is 2.05 bits per heavy atom. The molecule has 0 spiro atoms. The average molecular weight is 546 g/mol. The predicted octanol–water partition coefficient (Wildman–Crippen LogP) is 7.86. The second kappa shape index (κ2) is 20.7. The summed E-state index contributed by atoms with van der Waals surface area (Å²) in [5.74, 6) is 1.08. The maximum absolute atomic E-state index is 12.1. The van der Waals surface area contributed by atoms with E-state index in [0.29, 0.717) is 29.7 Å². The lowest BCUT2D eigenvalue weighted by Crippen LogP contribution is -2.33. The van der Waals surface area contributed by atoms with Crippen molar-refractivity contribution in [1.29, 1.82) is 0 Å². The third-order valence-electron chi connectivity index (χ3n) is 6.71. The Morgan fingerprint density at radius 2 is 1.45 bits per heavy atom. The fourth-order valence-corrected chi connectivity index (χ4v) is 4.65. The number of amides is 1. The van der Waals surface area contributed by atoms with Gasteiger partial charge >= 0.3 is 0 Å². The molecule has 1 N–H and O–H groups in total. The molecule has 1 amide bonds. The number of halogens is 1. The first kappa shape index (κ1) is 31.9. The standard InChI is InChI=1S/C32H49ClN2O3/c1-3-5-6-7-8-9-10-11-12-13-14-15-25-37-31-17-16-29(26-30(31)33)38-27-32(36)34-21-18-28-19-23-35(22-4-2)24-20-28/h16-17,19-20,23-24,26H,3-15,18,21-22,25,27H2,1-2H3/p+1. The zero-order valence-corrected chi connectivity index (χ0v) is 24.6. The second-order valence-corrected chi connectivity index (χ2v) is 10.6. The van der Waals surface area contributed by atoms with Crippen molar-refractivity contribution in [2.75, 3.05) is 19.8 Å². The normalized spacial score (nSPS) is 10.9. The first-order chi connectivity index (χ1) is 18.6. The highest BCUT2D eigenvalue weighted by Gasteiger charge is 2.07. The SMILES string of the molecule is CCCCCCCCCCCCCCOc1ccc(OCC(=O)NCCc2cc[n+](CCC)cc2)cc1Cl. The van der Waals surface area contributed by atoms with Crippen LogP contribution in [0.5, 0.6) is 11.5 Å². The lowest BCUT2D eigenvalue weighted by Gasteiger charge is -2.11. The van der Waals surface area contributed by atoms with E-state index in [9.17, 15) is 4.79 Å². The molecule has 38 heavy (non-hydrogen) atoms. The zero-order chi connectivity index (χ0) is 27.3. The number of rotatable bonds is 22. The molecular weight excluding hydrogens is 496 g/mol. The molecule has 0 radical (unpaired) electrons. The van der Waals surface area contributed by atoms with Gasteiger partial charge in [0, 0.05) is 31.2 Å². The minimum absolute atomic E-state index is 0.0410. The minimum Gasteiger partial charge on any atom is -0.492 e. The molecule has 1 heterocycles. The molecule has 0 unspecified atom stereocenters. The van der Waals surface area contributed by atoms with Gasteiger partial charge in [-0.3, -0.25) is 4.79 Å². The smallest absolute Gasteiger partial charge is 0.257 e. The van der Waals surface area contributed by atoms with Gasteiger partial charge in [-0.25, -0.2) is 4.57 Å². The highest BCUT2D eigenvalue weighted by atomic mass is 35.5. The van der Waals surface area contributed by atoms with Gasteiger partial charge in [0.1, 0.15) is 18.0 Å². The monoisotopic (exact) mass is 545 g/mol. The molecular formula is C32H50ClN2O3+. The van der Waals surface area contributed by atoms with Crippen LogP contribution in [-0.2, 0) is 17.8 Å². The number of ether oxygens (including phenoxy) is 2. The fourth-order valence-electron chi connectivity index (χ4n) is 4.42. The van der Waals surface area contributed by atoms with E-state index in [1.807, 2.05) is 6.07 Å². The third-order valence-corrected chi connectivity index (χ3v) is 7.00. The summed E-state index contributed by atoms with van der Waals surface area (Å²) >= 11 is 6.37. The van der Waals surface area contributed by atoms with Crippen LogP contribution in [0.4, 0.5) is 0 Å². The van der Waals surface area contributed by atoms with Gasteiger partial charge in [-0.1, -0.05) is 96.1 Å². The minimum atomic E-state index is -0.148. The molecule has 1 aromatic carbocycles. The highest BCUT2D eigenvalue weighted by Crippen LogP contribution is 2.29. The third kappa shape index (κ3) is 14.6. The number of hydrogen-bond donors (Lipinski definition) is 1. The summed E-state index contributed by atoms with van der Waals surface area (Å²) in [5.41, 5.74) is 1.20. The fraction of sp³-hybridized carbons (Fsp3) is 0.625. The Kier molecular flexibility index (Phi) is 17.4. The Hall–Kier alpha value is -2.27. The van der Waals surface area contributed by atoms with Gasteiger partial charge in [0.15, 0.2) is 19.0 Å². The van der Waals surface area contributed by atoms with Crippen LogP contribution in [0.1, 0.15) is 103 Å². The van der Waals surface area contributed by atoms with Gasteiger partial charge in [-0.15, -0.1) is 0 Å². The Bertz CT molecular complexity index is 889. The van der Waals surface area contributed by atoms with Crippen molar-refractivity contribution in [2.24, 2.45) is 0 Å². The van der Waals surface area contributed by atoms with Crippen molar-refractivity contribution >= 4 is 17.5 Å². The van der Waals surface area contributed by atoms with Crippen LogP contribution in [0.3, 0.4) is 0 Å². The molecule has 0 fully saturated rings. The number of pyridine rings is 1. The van der Waals surface area contributed by atoms with Gasteiger partial charge in [-0.05, 0) is 30.5 Å². The van der Waals surface area contributed by atoms with Crippen LogP contribution in [0.25, 0.3) is 0 Å². The summed E-state index contributed by atoms with van der Waals surface area (Å²) in [7, 11) is 0. The first-order valence-electron chi connectivity index (χ1n) is 14.9. The topological polar surface area (TPSA) is 51.4 Å². The van der Waals surface area contributed by atoms with E-state index >= 15 is 0 Å². The molecule has 0 bridgehead atoms. The van der Waals surface area contributed by atoms with E-state index < -0.39 is 0 Å². The molecule has 1 aromatic heterocycles. The number of nitrogens with one attached hydrogen (secondary N) is 1. The van der Waals surface area contributed by atoms with Gasteiger partial charge in [0.25, 0.3) is 5.91 Å². The molecule has 2 aromatic rings. The summed E-state index contributed by atoms with van der Waals surface area (Å²) in [4.78, 5) is 12.1. The highest BCUT2D eigenvalue weighted by molar-refractivity contribution is 6.32. The van der Waals surface area contributed by atoms with Crippen LogP contribution in [0.2, 0.25) is 5.02 Å². The molecule has 212 valence electrons. The van der Waals surface area contributed by atoms with Gasteiger partial charge in [0.05, 0.1) is 11.6 Å². The van der Waals surface area contributed by atoms with E-state index in [1.165, 1.54) is 76.2 Å². The molecule has 2 rings (SSSR count). The summed E-state index contributed by atoms with van der Waals surface area (Å²) in [6, 6.07) is 9.52. The molecule has 0 aliphatic rings. The maximum atomic E-state index is 12.1. The van der Waals surface area contributed by atoms with Crippen molar-refractivity contribution in [3.63, 3.8) is 0 Å². The molecule has 0 saturated carbocycles. The second-order valence-electron chi connectivity index (χ2n) is 10.2. The lowest BCUT2D eigenvalue weighted by molar-refractivity contribution is -0.697. The quantitative estimate of drug-likeness (QED) is 0.121.